The number of aromatic hydroxyl groups is 2. The molecule has 14 heteroatoms. The summed E-state index contributed by atoms with van der Waals surface area (Å²) in [6.45, 7) is 29.1. The number of phenolic OH excluding ortho intramolecular Hbond substituents is 2. The fraction of sp³-hybridized carbons (Fsp3) is 0.509. The number of carbonyl (C=O) groups is 2. The highest BCUT2D eigenvalue weighted by atomic mass is 31.2. The third kappa shape index (κ3) is 15.4. The Morgan fingerprint density at radius 2 is 0.896 bits per heavy atom. The SMILES string of the molecule is COc1ccc(NC(=O)CCc2cc(C(C)(C)C)c(O)c(C(C)(C)C)c2)cc1.CP1OCC2(CO1)COP(Oc1ccc(NC(=O)CCc3cc(C(C)(C)C)c(O)c(C(C)(C)C)c3)cc1)OC2. The number of ether oxygens (including phenoxy) is 1. The maximum atomic E-state index is 12.7. The van der Waals surface area contributed by atoms with Crippen LogP contribution in [0.15, 0.2) is 72.8 Å². The summed E-state index contributed by atoms with van der Waals surface area (Å²) in [6.07, 6.45) is 1.91. The second-order valence-electron chi connectivity index (χ2n) is 21.8. The maximum Gasteiger partial charge on any atom is 0.397 e. The monoisotopic (exact) mass is 960 g/mol. The van der Waals surface area contributed by atoms with E-state index in [1.54, 1.807) is 31.4 Å². The minimum atomic E-state index is -1.50. The molecule has 1 spiro atoms. The van der Waals surface area contributed by atoms with Gasteiger partial charge in [0.15, 0.2) is 8.38 Å². The van der Waals surface area contributed by atoms with E-state index >= 15 is 0 Å². The zero-order chi connectivity index (χ0) is 49.5. The molecule has 0 bridgehead atoms. The molecule has 12 nitrogen and oxygen atoms in total. The van der Waals surface area contributed by atoms with Gasteiger partial charge >= 0.3 is 8.60 Å². The van der Waals surface area contributed by atoms with Crippen LogP contribution in [0.5, 0.6) is 23.0 Å². The van der Waals surface area contributed by atoms with Crippen LogP contribution in [0.4, 0.5) is 11.4 Å². The van der Waals surface area contributed by atoms with Gasteiger partial charge in [-0.3, -0.25) is 9.59 Å². The van der Waals surface area contributed by atoms with E-state index in [9.17, 15) is 19.8 Å². The summed E-state index contributed by atoms with van der Waals surface area (Å²) in [4.78, 5) is 25.1. The summed E-state index contributed by atoms with van der Waals surface area (Å²) < 4.78 is 34.0. The highest BCUT2D eigenvalue weighted by Crippen LogP contribution is 2.51. The van der Waals surface area contributed by atoms with Gasteiger partial charge in [0.1, 0.15) is 23.0 Å². The molecule has 4 aromatic carbocycles. The Labute approximate surface area is 401 Å². The lowest BCUT2D eigenvalue weighted by Crippen LogP contribution is -2.44. The molecule has 2 amide bonds. The van der Waals surface area contributed by atoms with E-state index < -0.39 is 17.0 Å². The van der Waals surface area contributed by atoms with E-state index in [1.807, 2.05) is 55.2 Å². The predicted octanol–water partition coefficient (Wildman–Crippen LogP) is 12.8. The number of hydrogen-bond donors (Lipinski definition) is 4. The van der Waals surface area contributed by atoms with Crippen molar-refractivity contribution in [1.82, 2.24) is 0 Å². The standard InChI is InChI=1S/C29H41NO7P2.C24H33NO3/c1-27(2,3)23-14-20(15-24(26(23)32)28(4,5)6)8-13-25(31)30-21-9-11-22(12-10-21)37-39-35-18-29(19-36-39)16-33-38(7)34-17-29;1-23(2,3)19-14-16(15-20(22(19)27)24(4,5)6)8-13-21(26)25-17-9-11-18(28-7)12-10-17/h9-12,14-15,32H,8,13,16-19H2,1-7H3,(H,30,31);9-12,14-15,27H,8,13H2,1-7H3,(H,25,26). The molecule has 2 saturated heterocycles. The van der Waals surface area contributed by atoms with Gasteiger partial charge < -0.3 is 48.2 Å². The second-order valence-corrected chi connectivity index (χ2v) is 24.3. The maximum absolute atomic E-state index is 12.7. The Kier molecular flexibility index (Phi) is 17.6. The molecule has 2 aliphatic rings. The van der Waals surface area contributed by atoms with Crippen LogP contribution in [-0.4, -0.2) is 62.2 Å². The Bertz CT molecular complexity index is 2220. The van der Waals surface area contributed by atoms with E-state index in [4.69, 9.17) is 27.4 Å². The first-order chi connectivity index (χ1) is 31.2. The van der Waals surface area contributed by atoms with Crippen LogP contribution in [0.2, 0.25) is 0 Å². The zero-order valence-electron chi connectivity index (χ0n) is 42.1. The molecule has 0 saturated carbocycles. The smallest absolute Gasteiger partial charge is 0.397 e. The average molecular weight is 961 g/mol. The molecule has 366 valence electrons. The summed E-state index contributed by atoms with van der Waals surface area (Å²) >= 11 is 0. The predicted molar refractivity (Wildman–Crippen MR) is 271 cm³/mol. The van der Waals surface area contributed by atoms with Gasteiger partial charge in [-0.05, 0) is 116 Å². The summed E-state index contributed by atoms with van der Waals surface area (Å²) in [7, 11) is -0.696. The molecule has 67 heavy (non-hydrogen) atoms. The van der Waals surface area contributed by atoms with Crippen molar-refractivity contribution in [1.29, 1.82) is 0 Å². The zero-order valence-corrected chi connectivity index (χ0v) is 43.9. The quantitative estimate of drug-likeness (QED) is 0.107. The van der Waals surface area contributed by atoms with Crippen molar-refractivity contribution in [3.8, 4) is 23.0 Å². The number of aryl methyl sites for hydroxylation is 2. The number of nitrogens with one attached hydrogen (secondary N) is 2. The normalized spacial score (nSPS) is 19.0. The van der Waals surface area contributed by atoms with Gasteiger partial charge in [-0.1, -0.05) is 107 Å². The lowest BCUT2D eigenvalue weighted by Gasteiger charge is -2.41. The van der Waals surface area contributed by atoms with Crippen LogP contribution < -0.4 is 19.9 Å². The summed E-state index contributed by atoms with van der Waals surface area (Å²) in [5.41, 5.74) is 6.16. The van der Waals surface area contributed by atoms with Gasteiger partial charge in [-0.2, -0.15) is 0 Å². The molecular weight excluding hydrogens is 887 g/mol. The fourth-order valence-electron chi connectivity index (χ4n) is 7.50. The highest BCUT2D eigenvalue weighted by molar-refractivity contribution is 7.46. The number of rotatable bonds is 11. The molecule has 0 aromatic heterocycles. The van der Waals surface area contributed by atoms with Crippen molar-refractivity contribution >= 4 is 40.2 Å². The minimum Gasteiger partial charge on any atom is -0.507 e. The van der Waals surface area contributed by atoms with Crippen molar-refractivity contribution in [2.24, 2.45) is 5.41 Å². The van der Waals surface area contributed by atoms with Gasteiger partial charge in [0.2, 0.25) is 11.8 Å². The van der Waals surface area contributed by atoms with Crippen LogP contribution in [0.1, 0.15) is 129 Å². The van der Waals surface area contributed by atoms with Crippen molar-refractivity contribution < 1.29 is 47.2 Å². The van der Waals surface area contributed by atoms with Crippen LogP contribution in [-0.2, 0) is 62.2 Å². The molecule has 0 aliphatic carbocycles. The number of methoxy groups -OCH3 is 1. The van der Waals surface area contributed by atoms with Crippen molar-refractivity contribution in [2.75, 3.05) is 50.8 Å². The molecule has 0 unspecified atom stereocenters. The van der Waals surface area contributed by atoms with Crippen molar-refractivity contribution in [3.63, 3.8) is 0 Å². The minimum absolute atomic E-state index is 0.0344. The molecule has 2 heterocycles. The number of anilines is 2. The van der Waals surface area contributed by atoms with Crippen molar-refractivity contribution in [2.45, 2.75) is 130 Å². The largest absolute Gasteiger partial charge is 0.507 e. The van der Waals surface area contributed by atoms with E-state index in [2.05, 4.69) is 93.7 Å². The topological polar surface area (TPSA) is 154 Å². The highest BCUT2D eigenvalue weighted by Gasteiger charge is 2.43. The number of benzene rings is 4. The molecular formula is C53H74N2O10P2. The third-order valence-electron chi connectivity index (χ3n) is 11.6. The number of phenols is 2. The molecule has 2 fully saturated rings. The van der Waals surface area contributed by atoms with E-state index in [-0.39, 0.29) is 38.9 Å². The summed E-state index contributed by atoms with van der Waals surface area (Å²) in [6, 6.07) is 22.6. The van der Waals surface area contributed by atoms with Crippen LogP contribution >= 0.6 is 17.0 Å². The number of hydrogen-bond acceptors (Lipinski definition) is 10. The van der Waals surface area contributed by atoms with Gasteiger partial charge in [0, 0.05) is 30.9 Å². The van der Waals surface area contributed by atoms with E-state index in [0.29, 0.717) is 75.0 Å². The first-order valence-electron chi connectivity index (χ1n) is 23.0. The van der Waals surface area contributed by atoms with Crippen molar-refractivity contribution in [3.05, 3.63) is 106 Å². The fourth-order valence-corrected chi connectivity index (χ4v) is 9.72. The van der Waals surface area contributed by atoms with Crippen LogP contribution in [0.25, 0.3) is 0 Å². The second kappa shape index (κ2) is 22.0. The average Bonchev–Trinajstić information content (AvgIpc) is 3.24. The third-order valence-corrected chi connectivity index (χ3v) is 13.6. The molecule has 0 atom stereocenters. The first-order valence-corrected chi connectivity index (χ1v) is 25.7. The van der Waals surface area contributed by atoms with Crippen LogP contribution in [0.3, 0.4) is 0 Å². The van der Waals surface area contributed by atoms with E-state index in [1.165, 1.54) is 0 Å². The van der Waals surface area contributed by atoms with Gasteiger partial charge in [0.05, 0.1) is 39.0 Å². The van der Waals surface area contributed by atoms with Crippen LogP contribution in [0, 0.1) is 5.41 Å². The Hall–Kier alpha value is -4.28. The Morgan fingerprint density at radius 1 is 0.567 bits per heavy atom. The molecule has 4 aromatic rings. The molecule has 2 aliphatic heterocycles. The molecule has 4 N–H and O–H groups in total. The number of carbonyl (C=O) groups excluding carboxylic acids is 2. The van der Waals surface area contributed by atoms with Gasteiger partial charge in [0.25, 0.3) is 0 Å². The molecule has 0 radical (unpaired) electrons. The Balaban J connectivity index is 0.000000265. The number of amides is 2. The Morgan fingerprint density at radius 3 is 1.22 bits per heavy atom. The van der Waals surface area contributed by atoms with Gasteiger partial charge in [-0.15, -0.1) is 0 Å². The lowest BCUT2D eigenvalue weighted by molar-refractivity contribution is -0.117. The lowest BCUT2D eigenvalue weighted by atomic mass is 9.78. The van der Waals surface area contributed by atoms with E-state index in [0.717, 1.165) is 44.8 Å². The summed E-state index contributed by atoms with van der Waals surface area (Å²) in [5, 5.41) is 27.6. The molecule has 6 rings (SSSR count). The first kappa shape index (κ1) is 53.7. The summed E-state index contributed by atoms with van der Waals surface area (Å²) in [5.74, 6) is 1.97. The van der Waals surface area contributed by atoms with Gasteiger partial charge in [-0.25, -0.2) is 0 Å².